The Morgan fingerprint density at radius 1 is 1.15 bits per heavy atom. The summed E-state index contributed by atoms with van der Waals surface area (Å²) in [6.45, 7) is 8.08. The summed E-state index contributed by atoms with van der Waals surface area (Å²) in [4.78, 5) is 31.7. The molecule has 4 rings (SSSR count). The van der Waals surface area contributed by atoms with Crippen LogP contribution in [0.5, 0.6) is 5.75 Å². The van der Waals surface area contributed by atoms with E-state index in [0.29, 0.717) is 32.3 Å². The third-order valence-corrected chi connectivity index (χ3v) is 6.83. The number of carbonyl (C=O) groups is 1. The van der Waals surface area contributed by atoms with Crippen molar-refractivity contribution in [2.45, 2.75) is 39.7 Å². The number of thiazole rings is 1. The number of hydrogen-bond donors (Lipinski definition) is 0. The average Bonchev–Trinajstić information content (AvgIpc) is 3.13. The third-order valence-electron chi connectivity index (χ3n) is 5.85. The second-order valence-electron chi connectivity index (χ2n) is 8.40. The van der Waals surface area contributed by atoms with E-state index in [-0.39, 0.29) is 12.2 Å². The maximum atomic E-state index is 13.6. The maximum Gasteiger partial charge on any atom is 0.338 e. The Hall–Kier alpha value is -3.45. The van der Waals surface area contributed by atoms with Gasteiger partial charge in [0.05, 0.1) is 35.6 Å². The van der Waals surface area contributed by atoms with Gasteiger partial charge < -0.3 is 9.47 Å². The largest absolute Gasteiger partial charge is 0.497 e. The molecule has 1 aliphatic rings. The Labute approximate surface area is 202 Å². The number of carbonyl (C=O) groups excluding carboxylic acids is 1. The van der Waals surface area contributed by atoms with Crippen molar-refractivity contribution in [2.75, 3.05) is 13.7 Å². The molecule has 6 nitrogen and oxygen atoms in total. The van der Waals surface area contributed by atoms with Crippen LogP contribution in [0.4, 0.5) is 0 Å². The van der Waals surface area contributed by atoms with Gasteiger partial charge in [-0.05, 0) is 54.7 Å². The summed E-state index contributed by atoms with van der Waals surface area (Å²) in [5, 5.41) is 0. The summed E-state index contributed by atoms with van der Waals surface area (Å²) in [5.74, 6) is 0.663. The minimum atomic E-state index is -0.633. The lowest BCUT2D eigenvalue weighted by Gasteiger charge is -2.24. The normalized spacial score (nSPS) is 15.8. The molecule has 0 aliphatic carbocycles. The molecule has 2 aromatic carbocycles. The number of esters is 1. The first-order valence-electron chi connectivity index (χ1n) is 11.3. The van der Waals surface area contributed by atoms with E-state index in [9.17, 15) is 9.59 Å². The molecule has 1 atom stereocenters. The highest BCUT2D eigenvalue weighted by molar-refractivity contribution is 7.07. The van der Waals surface area contributed by atoms with E-state index in [1.54, 1.807) is 25.5 Å². The Balaban J connectivity index is 1.89. The molecule has 0 saturated heterocycles. The van der Waals surface area contributed by atoms with Gasteiger partial charge >= 0.3 is 5.97 Å². The predicted molar refractivity (Wildman–Crippen MR) is 134 cm³/mol. The predicted octanol–water partition coefficient (Wildman–Crippen LogP) is 3.93. The molecule has 0 saturated carbocycles. The average molecular weight is 477 g/mol. The van der Waals surface area contributed by atoms with Crippen molar-refractivity contribution in [2.24, 2.45) is 4.99 Å². The Kier molecular flexibility index (Phi) is 6.84. The van der Waals surface area contributed by atoms with Gasteiger partial charge in [0.25, 0.3) is 5.56 Å². The highest BCUT2D eigenvalue weighted by atomic mass is 32.1. The summed E-state index contributed by atoms with van der Waals surface area (Å²) in [6, 6.07) is 14.9. The van der Waals surface area contributed by atoms with Gasteiger partial charge in [-0.15, -0.1) is 0 Å². The topological polar surface area (TPSA) is 69.9 Å². The van der Waals surface area contributed by atoms with Crippen LogP contribution in [0.3, 0.4) is 0 Å². The fraction of sp³-hybridized carbons (Fsp3) is 0.296. The Bertz CT molecular complexity index is 1410. The number of rotatable bonds is 6. The first-order chi connectivity index (χ1) is 16.3. The van der Waals surface area contributed by atoms with Crippen LogP contribution in [-0.4, -0.2) is 24.3 Å². The van der Waals surface area contributed by atoms with Gasteiger partial charge in [-0.2, -0.15) is 0 Å². The fourth-order valence-electron chi connectivity index (χ4n) is 4.02. The smallest absolute Gasteiger partial charge is 0.338 e. The van der Waals surface area contributed by atoms with Crippen molar-refractivity contribution in [1.82, 2.24) is 4.57 Å². The fourth-order valence-corrected chi connectivity index (χ4v) is 5.07. The molecule has 0 radical (unpaired) electrons. The van der Waals surface area contributed by atoms with Gasteiger partial charge in [0.15, 0.2) is 4.80 Å². The van der Waals surface area contributed by atoms with Crippen molar-refractivity contribution in [1.29, 1.82) is 0 Å². The van der Waals surface area contributed by atoms with Gasteiger partial charge in [-0.1, -0.05) is 61.6 Å². The lowest BCUT2D eigenvalue weighted by molar-refractivity contribution is -0.139. The van der Waals surface area contributed by atoms with Crippen molar-refractivity contribution in [3.63, 3.8) is 0 Å². The summed E-state index contributed by atoms with van der Waals surface area (Å²) in [6.07, 6.45) is 1.88. The van der Waals surface area contributed by atoms with E-state index in [2.05, 4.69) is 31.0 Å². The minimum absolute atomic E-state index is 0.188. The lowest BCUT2D eigenvalue weighted by Crippen LogP contribution is -2.39. The summed E-state index contributed by atoms with van der Waals surface area (Å²) in [5.41, 5.74) is 3.70. The lowest BCUT2D eigenvalue weighted by atomic mass is 9.96. The number of hydrogen-bond acceptors (Lipinski definition) is 6. The van der Waals surface area contributed by atoms with Crippen LogP contribution < -0.4 is 19.6 Å². The van der Waals surface area contributed by atoms with E-state index in [0.717, 1.165) is 11.1 Å². The number of methoxy groups -OCH3 is 1. The van der Waals surface area contributed by atoms with Gasteiger partial charge in [0.2, 0.25) is 0 Å². The molecular formula is C27H28N2O4S. The van der Waals surface area contributed by atoms with E-state index >= 15 is 0 Å². The molecule has 1 aromatic heterocycles. The number of fused-ring (bicyclic) bond motifs is 1. The summed E-state index contributed by atoms with van der Waals surface area (Å²) < 4.78 is 12.8. The highest BCUT2D eigenvalue weighted by Gasteiger charge is 2.33. The van der Waals surface area contributed by atoms with Crippen LogP contribution in [0.15, 0.2) is 69.6 Å². The Morgan fingerprint density at radius 2 is 1.82 bits per heavy atom. The second-order valence-corrected chi connectivity index (χ2v) is 9.41. The van der Waals surface area contributed by atoms with Crippen LogP contribution in [0.2, 0.25) is 0 Å². The molecule has 0 spiro atoms. The second kappa shape index (κ2) is 9.81. The van der Waals surface area contributed by atoms with Crippen molar-refractivity contribution in [3.8, 4) is 5.75 Å². The molecule has 176 valence electrons. The number of aromatic nitrogens is 1. The Morgan fingerprint density at radius 3 is 2.41 bits per heavy atom. The number of allylic oxidation sites excluding steroid dienone is 1. The molecule has 34 heavy (non-hydrogen) atoms. The molecule has 0 N–H and O–H groups in total. The van der Waals surface area contributed by atoms with Crippen molar-refractivity contribution in [3.05, 3.63) is 96.2 Å². The molecule has 1 unspecified atom stereocenters. The SMILES string of the molecule is CCOC(=O)C1=C(C)N=c2sc(=Cc3ccc(C(C)C)cc3)c(=O)n2C1c1ccc(OC)cc1. The zero-order valence-corrected chi connectivity index (χ0v) is 20.8. The van der Waals surface area contributed by atoms with Crippen LogP contribution in [0, 0.1) is 0 Å². The molecule has 0 fully saturated rings. The van der Waals surface area contributed by atoms with Crippen LogP contribution in [0.25, 0.3) is 6.08 Å². The first kappa shape index (κ1) is 23.7. The molecule has 0 amide bonds. The summed E-state index contributed by atoms with van der Waals surface area (Å²) >= 11 is 1.32. The van der Waals surface area contributed by atoms with Gasteiger partial charge in [0.1, 0.15) is 5.75 Å². The van der Waals surface area contributed by atoms with Crippen molar-refractivity contribution >= 4 is 23.4 Å². The zero-order chi connectivity index (χ0) is 24.4. The molecule has 7 heteroatoms. The van der Waals surface area contributed by atoms with Gasteiger partial charge in [0, 0.05) is 0 Å². The van der Waals surface area contributed by atoms with E-state index in [1.807, 2.05) is 42.5 Å². The van der Waals surface area contributed by atoms with E-state index < -0.39 is 12.0 Å². The number of ether oxygens (including phenoxy) is 2. The monoisotopic (exact) mass is 476 g/mol. The van der Waals surface area contributed by atoms with E-state index in [4.69, 9.17) is 9.47 Å². The van der Waals surface area contributed by atoms with Crippen molar-refractivity contribution < 1.29 is 14.3 Å². The van der Waals surface area contributed by atoms with Crippen LogP contribution >= 0.6 is 11.3 Å². The number of benzene rings is 2. The third kappa shape index (κ3) is 4.48. The quantitative estimate of drug-likeness (QED) is 0.506. The van der Waals surface area contributed by atoms with Crippen LogP contribution in [-0.2, 0) is 9.53 Å². The zero-order valence-electron chi connectivity index (χ0n) is 20.0. The molecule has 1 aliphatic heterocycles. The summed E-state index contributed by atoms with van der Waals surface area (Å²) in [7, 11) is 1.60. The maximum absolute atomic E-state index is 13.6. The van der Waals surface area contributed by atoms with E-state index in [1.165, 1.54) is 16.9 Å². The molecular weight excluding hydrogens is 448 g/mol. The van der Waals surface area contributed by atoms with Crippen LogP contribution in [0.1, 0.15) is 56.3 Å². The minimum Gasteiger partial charge on any atom is -0.497 e. The van der Waals surface area contributed by atoms with Gasteiger partial charge in [-0.25, -0.2) is 9.79 Å². The molecule has 2 heterocycles. The van der Waals surface area contributed by atoms with Gasteiger partial charge in [-0.3, -0.25) is 9.36 Å². The molecule has 0 bridgehead atoms. The first-order valence-corrected chi connectivity index (χ1v) is 12.1. The molecule has 3 aromatic rings. The highest BCUT2D eigenvalue weighted by Crippen LogP contribution is 2.31. The number of nitrogens with zero attached hydrogens (tertiary/aromatic N) is 2. The standard InChI is InChI=1S/C27H28N2O4S/c1-6-33-26(31)23-17(4)28-27-29(24(23)20-11-13-21(32-5)14-12-20)25(30)22(34-27)15-18-7-9-19(10-8-18)16(2)3/h7-16,24H,6H2,1-5H3.